The molecule has 1 fully saturated rings. The van der Waals surface area contributed by atoms with Crippen molar-refractivity contribution in [1.82, 2.24) is 9.80 Å². The molecule has 0 spiro atoms. The van der Waals surface area contributed by atoms with Gasteiger partial charge in [0.15, 0.2) is 0 Å². The number of amides is 3. The lowest BCUT2D eigenvalue weighted by atomic mass is 10.4. The van der Waals surface area contributed by atoms with Crippen LogP contribution in [-0.2, 0) is 11.3 Å². The maximum atomic E-state index is 11.7. The first-order valence-corrected chi connectivity index (χ1v) is 6.26. The van der Waals surface area contributed by atoms with E-state index in [4.69, 9.17) is 5.73 Å². The van der Waals surface area contributed by atoms with Crippen LogP contribution < -0.4 is 5.73 Å². The second-order valence-corrected chi connectivity index (χ2v) is 5.06. The highest BCUT2D eigenvalue weighted by molar-refractivity contribution is 7.12. The summed E-state index contributed by atoms with van der Waals surface area (Å²) in [6.07, 6.45) is 0. The molecule has 1 aliphatic rings. The lowest BCUT2D eigenvalue weighted by Gasteiger charge is -2.12. The zero-order valence-electron chi connectivity index (χ0n) is 9.97. The number of rotatable bonds is 2. The van der Waals surface area contributed by atoms with Crippen LogP contribution in [0.25, 0.3) is 0 Å². The molecule has 3 amide bonds. The van der Waals surface area contributed by atoms with Crippen molar-refractivity contribution in [3.8, 4) is 11.8 Å². The van der Waals surface area contributed by atoms with Crippen LogP contribution >= 0.6 is 11.3 Å². The summed E-state index contributed by atoms with van der Waals surface area (Å²) < 4.78 is 0. The monoisotopic (exact) mass is 263 g/mol. The molecule has 0 bridgehead atoms. The van der Waals surface area contributed by atoms with Crippen molar-refractivity contribution in [3.63, 3.8) is 0 Å². The highest BCUT2D eigenvalue weighted by Gasteiger charge is 2.33. The van der Waals surface area contributed by atoms with E-state index >= 15 is 0 Å². The molecule has 0 atom stereocenters. The number of hydrogen-bond donors (Lipinski definition) is 1. The maximum Gasteiger partial charge on any atom is 0.327 e. The Bertz CT molecular complexity index is 541. The topological polar surface area (TPSA) is 66.6 Å². The average molecular weight is 263 g/mol. The summed E-state index contributed by atoms with van der Waals surface area (Å²) in [7, 11) is 1.62. The Labute approximate surface area is 109 Å². The molecule has 5 nitrogen and oxygen atoms in total. The van der Waals surface area contributed by atoms with Gasteiger partial charge >= 0.3 is 6.03 Å². The number of imide groups is 1. The number of likely N-dealkylation sites (N-methyl/N-ethyl adjacent to an activating group) is 1. The normalized spacial score (nSPS) is 15.0. The fourth-order valence-electron chi connectivity index (χ4n) is 1.65. The second kappa shape index (κ2) is 5.21. The van der Waals surface area contributed by atoms with Gasteiger partial charge in [0, 0.05) is 11.9 Å². The van der Waals surface area contributed by atoms with Crippen LogP contribution in [0.4, 0.5) is 4.79 Å². The van der Waals surface area contributed by atoms with Crippen LogP contribution in [-0.4, -0.2) is 41.9 Å². The van der Waals surface area contributed by atoms with E-state index in [1.165, 1.54) is 21.1 Å². The second-order valence-electron chi connectivity index (χ2n) is 3.89. The molecule has 18 heavy (non-hydrogen) atoms. The summed E-state index contributed by atoms with van der Waals surface area (Å²) in [6, 6.07) is 3.50. The van der Waals surface area contributed by atoms with E-state index < -0.39 is 0 Å². The van der Waals surface area contributed by atoms with Crippen molar-refractivity contribution in [2.45, 2.75) is 6.54 Å². The third-order valence-electron chi connectivity index (χ3n) is 2.52. The van der Waals surface area contributed by atoms with Gasteiger partial charge in [0.1, 0.15) is 6.54 Å². The third kappa shape index (κ3) is 2.53. The van der Waals surface area contributed by atoms with Crippen molar-refractivity contribution in [2.75, 3.05) is 20.1 Å². The maximum absolute atomic E-state index is 11.7. The fraction of sp³-hybridized carbons (Fsp3) is 0.333. The van der Waals surface area contributed by atoms with Crippen LogP contribution in [0, 0.1) is 11.8 Å². The molecule has 1 aromatic rings. The van der Waals surface area contributed by atoms with Gasteiger partial charge in [0.25, 0.3) is 5.91 Å². The Balaban J connectivity index is 2.08. The molecule has 1 saturated heterocycles. The standard InChI is InChI=1S/C12H13N3O2S/c1-14-8-11(16)15(12(14)17)7-10-5-4-9(18-10)3-2-6-13/h4-5H,6-8,13H2,1H3. The summed E-state index contributed by atoms with van der Waals surface area (Å²) in [6.45, 7) is 0.794. The van der Waals surface area contributed by atoms with E-state index in [-0.39, 0.29) is 18.5 Å². The highest BCUT2D eigenvalue weighted by atomic mass is 32.1. The molecule has 2 N–H and O–H groups in total. The molecule has 1 aliphatic heterocycles. The van der Waals surface area contributed by atoms with Crippen LogP contribution in [0.2, 0.25) is 0 Å². The average Bonchev–Trinajstić information content (AvgIpc) is 2.88. The van der Waals surface area contributed by atoms with Gasteiger partial charge in [-0.05, 0) is 12.1 Å². The SMILES string of the molecule is CN1CC(=O)N(Cc2ccc(C#CCN)s2)C1=O. The number of carbonyl (C=O) groups excluding carboxylic acids is 2. The Kier molecular flexibility index (Phi) is 3.65. The first-order chi connectivity index (χ1) is 8.61. The lowest BCUT2D eigenvalue weighted by molar-refractivity contribution is -0.125. The van der Waals surface area contributed by atoms with Crippen LogP contribution in [0.15, 0.2) is 12.1 Å². The number of urea groups is 1. The van der Waals surface area contributed by atoms with Crippen molar-refractivity contribution in [2.24, 2.45) is 5.73 Å². The van der Waals surface area contributed by atoms with Gasteiger partial charge in [-0.3, -0.25) is 9.69 Å². The summed E-state index contributed by atoms with van der Waals surface area (Å²) in [5.41, 5.74) is 5.29. The molecule has 0 saturated carbocycles. The predicted molar refractivity (Wildman–Crippen MR) is 68.8 cm³/mol. The van der Waals surface area contributed by atoms with E-state index in [0.29, 0.717) is 13.1 Å². The van der Waals surface area contributed by atoms with E-state index in [1.807, 2.05) is 12.1 Å². The Morgan fingerprint density at radius 2 is 2.22 bits per heavy atom. The quantitative estimate of drug-likeness (QED) is 0.622. The zero-order chi connectivity index (χ0) is 13.1. The molecule has 0 aliphatic carbocycles. The van der Waals surface area contributed by atoms with Gasteiger partial charge in [-0.2, -0.15) is 0 Å². The van der Waals surface area contributed by atoms with Gasteiger partial charge in [0.05, 0.1) is 18.0 Å². The van der Waals surface area contributed by atoms with E-state index in [0.717, 1.165) is 9.75 Å². The van der Waals surface area contributed by atoms with Crippen molar-refractivity contribution < 1.29 is 9.59 Å². The van der Waals surface area contributed by atoms with Crippen LogP contribution in [0.3, 0.4) is 0 Å². The number of hydrogen-bond acceptors (Lipinski definition) is 4. The summed E-state index contributed by atoms with van der Waals surface area (Å²) >= 11 is 1.47. The van der Waals surface area contributed by atoms with E-state index in [1.54, 1.807) is 7.05 Å². The van der Waals surface area contributed by atoms with Gasteiger partial charge in [-0.15, -0.1) is 11.3 Å². The number of nitrogens with two attached hydrogens (primary N) is 1. The van der Waals surface area contributed by atoms with Crippen LogP contribution in [0.5, 0.6) is 0 Å². The number of carbonyl (C=O) groups is 2. The largest absolute Gasteiger partial charge is 0.327 e. The third-order valence-corrected chi connectivity index (χ3v) is 3.51. The molecule has 1 aromatic heterocycles. The Hall–Kier alpha value is -1.84. The van der Waals surface area contributed by atoms with Gasteiger partial charge in [0.2, 0.25) is 0 Å². The summed E-state index contributed by atoms with van der Waals surface area (Å²) in [5.74, 6) is 5.53. The fourth-order valence-corrected chi connectivity index (χ4v) is 2.52. The lowest BCUT2D eigenvalue weighted by Crippen LogP contribution is -2.30. The van der Waals surface area contributed by atoms with Crippen molar-refractivity contribution >= 4 is 23.3 Å². The van der Waals surface area contributed by atoms with E-state index in [9.17, 15) is 9.59 Å². The van der Waals surface area contributed by atoms with Gasteiger partial charge in [-0.25, -0.2) is 4.79 Å². The molecule has 0 unspecified atom stereocenters. The first kappa shape index (κ1) is 12.6. The molecule has 2 heterocycles. The molecule has 6 heteroatoms. The molecular formula is C12H13N3O2S. The minimum Gasteiger partial charge on any atom is -0.320 e. The minimum absolute atomic E-state index is 0.157. The molecule has 94 valence electrons. The molecule has 2 rings (SSSR count). The number of thiophene rings is 1. The van der Waals surface area contributed by atoms with Gasteiger partial charge < -0.3 is 10.6 Å². The highest BCUT2D eigenvalue weighted by Crippen LogP contribution is 2.20. The zero-order valence-corrected chi connectivity index (χ0v) is 10.8. The van der Waals surface area contributed by atoms with Crippen LogP contribution in [0.1, 0.15) is 9.75 Å². The van der Waals surface area contributed by atoms with Crippen molar-refractivity contribution in [1.29, 1.82) is 0 Å². The minimum atomic E-state index is -0.247. The summed E-state index contributed by atoms with van der Waals surface area (Å²) in [5, 5.41) is 0. The smallest absolute Gasteiger partial charge is 0.320 e. The van der Waals surface area contributed by atoms with Gasteiger partial charge in [-0.1, -0.05) is 11.8 Å². The Morgan fingerprint density at radius 3 is 2.83 bits per heavy atom. The predicted octanol–water partition coefficient (Wildman–Crippen LogP) is 0.452. The van der Waals surface area contributed by atoms with Crippen molar-refractivity contribution in [3.05, 3.63) is 21.9 Å². The molecule has 0 aromatic carbocycles. The molecule has 0 radical (unpaired) electrons. The number of nitrogens with zero attached hydrogens (tertiary/aromatic N) is 2. The molecular weight excluding hydrogens is 250 g/mol. The Morgan fingerprint density at radius 1 is 1.44 bits per heavy atom. The van der Waals surface area contributed by atoms with E-state index in [2.05, 4.69) is 11.8 Å². The summed E-state index contributed by atoms with van der Waals surface area (Å²) in [4.78, 5) is 27.8. The first-order valence-electron chi connectivity index (χ1n) is 5.45.